The van der Waals surface area contributed by atoms with Crippen molar-refractivity contribution in [3.05, 3.63) is 59.2 Å². The lowest BCUT2D eigenvalue weighted by Crippen LogP contribution is -2.46. The molecule has 9 nitrogen and oxygen atoms in total. The van der Waals surface area contributed by atoms with Crippen molar-refractivity contribution in [1.29, 1.82) is 0 Å². The van der Waals surface area contributed by atoms with Gasteiger partial charge in [-0.3, -0.25) is 19.6 Å². The van der Waals surface area contributed by atoms with Gasteiger partial charge >= 0.3 is 12.0 Å². The van der Waals surface area contributed by atoms with Crippen LogP contribution in [0.25, 0.3) is 0 Å². The number of amides is 3. The van der Waals surface area contributed by atoms with Gasteiger partial charge in [0, 0.05) is 43.6 Å². The standard InChI is InChI=1S/C23H29N5O4/c1-3-32-20(29)15-26-23(31)28-11-8-18(9-12-28)21-19(7-6-16(2)27-21)22(30)25-14-17-5-4-10-24-13-17/h4-7,10,13,18H,3,8-9,11-12,14-15H2,1-2H3,(H,25,30)(H,26,31). The number of esters is 1. The molecule has 0 bridgehead atoms. The van der Waals surface area contributed by atoms with E-state index in [-0.39, 0.29) is 31.0 Å². The molecule has 0 aliphatic carbocycles. The minimum Gasteiger partial charge on any atom is -0.465 e. The van der Waals surface area contributed by atoms with Gasteiger partial charge in [0.25, 0.3) is 5.91 Å². The predicted molar refractivity (Wildman–Crippen MR) is 118 cm³/mol. The number of urea groups is 1. The topological polar surface area (TPSA) is 114 Å². The zero-order valence-corrected chi connectivity index (χ0v) is 18.5. The van der Waals surface area contributed by atoms with E-state index in [1.165, 1.54) is 0 Å². The highest BCUT2D eigenvalue weighted by atomic mass is 16.5. The summed E-state index contributed by atoms with van der Waals surface area (Å²) in [7, 11) is 0. The Morgan fingerprint density at radius 1 is 1.16 bits per heavy atom. The van der Waals surface area contributed by atoms with E-state index in [1.54, 1.807) is 24.2 Å². The average Bonchev–Trinajstić information content (AvgIpc) is 2.82. The normalized spacial score (nSPS) is 14.0. The molecule has 2 aromatic heterocycles. The smallest absolute Gasteiger partial charge is 0.325 e. The molecule has 2 aromatic rings. The van der Waals surface area contributed by atoms with E-state index in [0.29, 0.717) is 38.0 Å². The summed E-state index contributed by atoms with van der Waals surface area (Å²) in [6.45, 7) is 5.18. The van der Waals surface area contributed by atoms with Crippen LogP contribution in [-0.4, -0.2) is 59.0 Å². The third kappa shape index (κ3) is 6.26. The van der Waals surface area contributed by atoms with Crippen LogP contribution in [0.1, 0.15) is 53.0 Å². The number of rotatable bonds is 7. The molecule has 1 saturated heterocycles. The number of aryl methyl sites for hydroxylation is 1. The largest absolute Gasteiger partial charge is 0.465 e. The predicted octanol–water partition coefficient (Wildman–Crippen LogP) is 2.17. The number of carbonyl (C=O) groups is 3. The third-order valence-corrected chi connectivity index (χ3v) is 5.34. The fraction of sp³-hybridized carbons (Fsp3) is 0.435. The van der Waals surface area contributed by atoms with Crippen LogP contribution in [0.4, 0.5) is 4.79 Å². The van der Waals surface area contributed by atoms with Gasteiger partial charge in [-0.05, 0) is 50.5 Å². The molecular weight excluding hydrogens is 410 g/mol. The third-order valence-electron chi connectivity index (χ3n) is 5.34. The molecule has 3 amide bonds. The first-order chi connectivity index (χ1) is 15.5. The Labute approximate surface area is 187 Å². The lowest BCUT2D eigenvalue weighted by atomic mass is 9.90. The maximum Gasteiger partial charge on any atom is 0.325 e. The molecular formula is C23H29N5O4. The van der Waals surface area contributed by atoms with E-state index >= 15 is 0 Å². The molecule has 0 unspecified atom stereocenters. The fourth-order valence-corrected chi connectivity index (χ4v) is 3.69. The number of carbonyl (C=O) groups excluding carboxylic acids is 3. The summed E-state index contributed by atoms with van der Waals surface area (Å²) >= 11 is 0. The summed E-state index contributed by atoms with van der Waals surface area (Å²) in [5.41, 5.74) is 3.09. The summed E-state index contributed by atoms with van der Waals surface area (Å²) in [4.78, 5) is 47.0. The van der Waals surface area contributed by atoms with Gasteiger partial charge in [0.1, 0.15) is 6.54 Å². The van der Waals surface area contributed by atoms with Crippen molar-refractivity contribution >= 4 is 17.9 Å². The van der Waals surface area contributed by atoms with Gasteiger partial charge in [0.05, 0.1) is 17.9 Å². The van der Waals surface area contributed by atoms with Crippen molar-refractivity contribution in [3.63, 3.8) is 0 Å². The summed E-state index contributed by atoms with van der Waals surface area (Å²) in [5.74, 6) is -0.559. The Morgan fingerprint density at radius 3 is 2.62 bits per heavy atom. The number of nitrogens with one attached hydrogen (secondary N) is 2. The minimum atomic E-state index is -0.457. The highest BCUT2D eigenvalue weighted by Gasteiger charge is 2.28. The lowest BCUT2D eigenvalue weighted by molar-refractivity contribution is -0.141. The number of pyridine rings is 2. The SMILES string of the molecule is CCOC(=O)CNC(=O)N1CCC(c2nc(C)ccc2C(=O)NCc2cccnc2)CC1. The van der Waals surface area contributed by atoms with Crippen LogP contribution in [0.15, 0.2) is 36.7 Å². The van der Waals surface area contributed by atoms with Crippen LogP contribution < -0.4 is 10.6 Å². The molecule has 3 heterocycles. The fourth-order valence-electron chi connectivity index (χ4n) is 3.69. The molecule has 2 N–H and O–H groups in total. The molecule has 0 atom stereocenters. The molecule has 1 aliphatic rings. The number of piperidine rings is 1. The van der Waals surface area contributed by atoms with Gasteiger partial charge in [-0.1, -0.05) is 6.07 Å². The van der Waals surface area contributed by atoms with Crippen molar-refractivity contribution in [3.8, 4) is 0 Å². The van der Waals surface area contributed by atoms with E-state index in [9.17, 15) is 14.4 Å². The molecule has 9 heteroatoms. The van der Waals surface area contributed by atoms with E-state index in [2.05, 4.69) is 20.6 Å². The summed E-state index contributed by atoms with van der Waals surface area (Å²) in [6.07, 6.45) is 4.78. The van der Waals surface area contributed by atoms with Gasteiger partial charge in [-0.15, -0.1) is 0 Å². The molecule has 0 radical (unpaired) electrons. The number of nitrogens with zero attached hydrogens (tertiary/aromatic N) is 3. The molecule has 170 valence electrons. The van der Waals surface area contributed by atoms with Crippen molar-refractivity contribution < 1.29 is 19.1 Å². The summed E-state index contributed by atoms with van der Waals surface area (Å²) in [6, 6.07) is 7.10. The quantitative estimate of drug-likeness (QED) is 0.639. The second kappa shape index (κ2) is 11.2. The Kier molecular flexibility index (Phi) is 8.13. The van der Waals surface area contributed by atoms with Gasteiger partial charge < -0.3 is 20.3 Å². The van der Waals surface area contributed by atoms with Crippen LogP contribution in [0.2, 0.25) is 0 Å². The van der Waals surface area contributed by atoms with E-state index in [0.717, 1.165) is 17.0 Å². The molecule has 32 heavy (non-hydrogen) atoms. The zero-order valence-electron chi connectivity index (χ0n) is 18.5. The van der Waals surface area contributed by atoms with Gasteiger partial charge in [0.15, 0.2) is 0 Å². The molecule has 1 fully saturated rings. The van der Waals surface area contributed by atoms with Crippen molar-refractivity contribution in [2.75, 3.05) is 26.2 Å². The highest BCUT2D eigenvalue weighted by Crippen LogP contribution is 2.29. The number of likely N-dealkylation sites (tertiary alicyclic amines) is 1. The molecule has 3 rings (SSSR count). The maximum atomic E-state index is 12.9. The van der Waals surface area contributed by atoms with Crippen LogP contribution >= 0.6 is 0 Å². The van der Waals surface area contributed by atoms with E-state index in [1.807, 2.05) is 31.2 Å². The van der Waals surface area contributed by atoms with Gasteiger partial charge in [-0.2, -0.15) is 0 Å². The number of hydrogen-bond acceptors (Lipinski definition) is 6. The first-order valence-corrected chi connectivity index (χ1v) is 10.8. The Bertz CT molecular complexity index is 943. The Hall–Kier alpha value is -3.49. The minimum absolute atomic E-state index is 0.0724. The van der Waals surface area contributed by atoms with Gasteiger partial charge in [-0.25, -0.2) is 4.79 Å². The maximum absolute atomic E-state index is 12.9. The zero-order chi connectivity index (χ0) is 22.9. The second-order valence-electron chi connectivity index (χ2n) is 7.65. The number of hydrogen-bond donors (Lipinski definition) is 2. The number of ether oxygens (including phenoxy) is 1. The second-order valence-corrected chi connectivity index (χ2v) is 7.65. The Balaban J connectivity index is 1.60. The number of aromatic nitrogens is 2. The average molecular weight is 440 g/mol. The van der Waals surface area contributed by atoms with Crippen LogP contribution in [0.5, 0.6) is 0 Å². The van der Waals surface area contributed by atoms with Crippen LogP contribution in [-0.2, 0) is 16.1 Å². The van der Waals surface area contributed by atoms with E-state index < -0.39 is 5.97 Å². The molecule has 1 aliphatic heterocycles. The Morgan fingerprint density at radius 2 is 1.94 bits per heavy atom. The van der Waals surface area contributed by atoms with Crippen LogP contribution in [0, 0.1) is 6.92 Å². The first kappa shape index (κ1) is 23.2. The summed E-state index contributed by atoms with van der Waals surface area (Å²) in [5, 5.41) is 5.53. The summed E-state index contributed by atoms with van der Waals surface area (Å²) < 4.78 is 4.83. The monoisotopic (exact) mass is 439 g/mol. The van der Waals surface area contributed by atoms with Crippen molar-refractivity contribution in [2.24, 2.45) is 0 Å². The van der Waals surface area contributed by atoms with Gasteiger partial charge in [0.2, 0.25) is 0 Å². The van der Waals surface area contributed by atoms with Crippen molar-refractivity contribution in [2.45, 2.75) is 39.2 Å². The van der Waals surface area contributed by atoms with E-state index in [4.69, 9.17) is 4.74 Å². The molecule has 0 spiro atoms. The van der Waals surface area contributed by atoms with Crippen molar-refractivity contribution in [1.82, 2.24) is 25.5 Å². The first-order valence-electron chi connectivity index (χ1n) is 10.8. The molecule has 0 saturated carbocycles. The molecule has 0 aromatic carbocycles. The van der Waals surface area contributed by atoms with Crippen LogP contribution in [0.3, 0.4) is 0 Å². The lowest BCUT2D eigenvalue weighted by Gasteiger charge is -2.32. The highest BCUT2D eigenvalue weighted by molar-refractivity contribution is 5.95.